The Kier molecular flexibility index (Phi) is 4.11. The van der Waals surface area contributed by atoms with E-state index in [1.807, 2.05) is 6.07 Å². The number of rotatable bonds is 4. The van der Waals surface area contributed by atoms with E-state index in [0.29, 0.717) is 28.7 Å². The molecule has 0 fully saturated rings. The summed E-state index contributed by atoms with van der Waals surface area (Å²) in [6.07, 6.45) is 1.43. The molecule has 1 aromatic carbocycles. The van der Waals surface area contributed by atoms with Gasteiger partial charge in [0.05, 0.1) is 26.9 Å². The number of ether oxygens (including phenoxy) is 3. The van der Waals surface area contributed by atoms with Crippen LogP contribution in [0, 0.1) is 0 Å². The first-order valence-corrected chi connectivity index (χ1v) is 7.28. The zero-order valence-electron chi connectivity index (χ0n) is 13.9. The van der Waals surface area contributed by atoms with Crippen LogP contribution in [0.4, 0.5) is 5.95 Å². The molecule has 0 spiro atoms. The smallest absolute Gasteiger partial charge is 0.338 e. The standard InChI is InChI=1S/C16H18N4O4/c1-9-13(15(21)24-4)14(20-16(19-9)17-8-18-20)11-7-10(22-2)5-6-12(11)23-3/h5-8,14H,1-4H3,(H,17,18,19). The number of hydrogen-bond acceptors (Lipinski definition) is 7. The Morgan fingerprint density at radius 3 is 2.71 bits per heavy atom. The third kappa shape index (κ3) is 2.45. The van der Waals surface area contributed by atoms with Crippen LogP contribution in [0.5, 0.6) is 11.5 Å². The van der Waals surface area contributed by atoms with E-state index in [1.165, 1.54) is 13.4 Å². The maximum Gasteiger partial charge on any atom is 0.338 e. The molecule has 24 heavy (non-hydrogen) atoms. The summed E-state index contributed by atoms with van der Waals surface area (Å²) in [4.78, 5) is 16.6. The maximum absolute atomic E-state index is 12.4. The van der Waals surface area contributed by atoms with Gasteiger partial charge in [-0.25, -0.2) is 9.48 Å². The molecule has 0 aliphatic carbocycles. The molecule has 2 aromatic rings. The quantitative estimate of drug-likeness (QED) is 0.855. The molecule has 1 atom stereocenters. The van der Waals surface area contributed by atoms with Crippen LogP contribution >= 0.6 is 0 Å². The lowest BCUT2D eigenvalue weighted by Gasteiger charge is -2.29. The van der Waals surface area contributed by atoms with Gasteiger partial charge in [-0.2, -0.15) is 10.1 Å². The number of esters is 1. The Balaban J connectivity index is 2.25. The molecule has 8 nitrogen and oxygen atoms in total. The summed E-state index contributed by atoms with van der Waals surface area (Å²) in [5.74, 6) is 1.34. The van der Waals surface area contributed by atoms with Gasteiger partial charge in [0, 0.05) is 11.3 Å². The second kappa shape index (κ2) is 6.23. The van der Waals surface area contributed by atoms with E-state index in [4.69, 9.17) is 14.2 Å². The third-order valence-corrected chi connectivity index (χ3v) is 3.93. The van der Waals surface area contributed by atoms with Crippen LogP contribution in [-0.4, -0.2) is 42.1 Å². The van der Waals surface area contributed by atoms with Crippen molar-refractivity contribution in [2.75, 3.05) is 26.6 Å². The fraction of sp³-hybridized carbons (Fsp3) is 0.312. The molecular formula is C16H18N4O4. The highest BCUT2D eigenvalue weighted by Crippen LogP contribution is 2.40. The van der Waals surface area contributed by atoms with Gasteiger partial charge in [-0.1, -0.05) is 0 Å². The fourth-order valence-electron chi connectivity index (χ4n) is 2.81. The number of anilines is 1. The van der Waals surface area contributed by atoms with Crippen molar-refractivity contribution in [3.8, 4) is 11.5 Å². The number of fused-ring (bicyclic) bond motifs is 1. The molecule has 1 aliphatic rings. The van der Waals surface area contributed by atoms with E-state index in [9.17, 15) is 4.79 Å². The molecule has 8 heteroatoms. The molecule has 0 amide bonds. The summed E-state index contributed by atoms with van der Waals surface area (Å²) < 4.78 is 17.4. The molecule has 2 heterocycles. The average molecular weight is 330 g/mol. The molecule has 3 rings (SSSR count). The van der Waals surface area contributed by atoms with Crippen molar-refractivity contribution in [1.29, 1.82) is 0 Å². The fourth-order valence-corrected chi connectivity index (χ4v) is 2.81. The number of nitrogens with zero attached hydrogens (tertiary/aromatic N) is 3. The number of methoxy groups -OCH3 is 3. The van der Waals surface area contributed by atoms with Crippen LogP contribution in [-0.2, 0) is 9.53 Å². The number of benzene rings is 1. The van der Waals surface area contributed by atoms with E-state index in [2.05, 4.69) is 15.4 Å². The highest BCUT2D eigenvalue weighted by atomic mass is 16.5. The number of nitrogens with one attached hydrogen (secondary N) is 1. The van der Waals surface area contributed by atoms with Gasteiger partial charge in [0.25, 0.3) is 0 Å². The molecule has 0 saturated carbocycles. The maximum atomic E-state index is 12.4. The third-order valence-electron chi connectivity index (χ3n) is 3.93. The summed E-state index contributed by atoms with van der Waals surface area (Å²) in [6, 6.07) is 4.86. The van der Waals surface area contributed by atoms with Gasteiger partial charge in [0.2, 0.25) is 5.95 Å². The lowest BCUT2D eigenvalue weighted by molar-refractivity contribution is -0.136. The highest BCUT2D eigenvalue weighted by Gasteiger charge is 2.35. The molecule has 1 N–H and O–H groups in total. The van der Waals surface area contributed by atoms with E-state index >= 15 is 0 Å². The molecule has 1 aromatic heterocycles. The van der Waals surface area contributed by atoms with E-state index in [-0.39, 0.29) is 0 Å². The number of aromatic nitrogens is 3. The van der Waals surface area contributed by atoms with Gasteiger partial charge in [-0.05, 0) is 25.1 Å². The van der Waals surface area contributed by atoms with Gasteiger partial charge in [0.1, 0.15) is 23.9 Å². The van der Waals surface area contributed by atoms with E-state index < -0.39 is 12.0 Å². The molecule has 1 unspecified atom stereocenters. The van der Waals surface area contributed by atoms with Crippen LogP contribution < -0.4 is 14.8 Å². The first-order chi connectivity index (χ1) is 11.6. The molecule has 0 saturated heterocycles. The largest absolute Gasteiger partial charge is 0.497 e. The number of hydrogen-bond donors (Lipinski definition) is 1. The summed E-state index contributed by atoms with van der Waals surface area (Å²) in [5, 5.41) is 7.32. The Morgan fingerprint density at radius 1 is 1.25 bits per heavy atom. The van der Waals surface area contributed by atoms with Crippen molar-refractivity contribution >= 4 is 11.9 Å². The number of carbonyl (C=O) groups excluding carboxylic acids is 1. The number of allylic oxidation sites excluding steroid dienone is 1. The summed E-state index contributed by atoms with van der Waals surface area (Å²) >= 11 is 0. The highest BCUT2D eigenvalue weighted by molar-refractivity contribution is 5.92. The van der Waals surface area contributed by atoms with Crippen LogP contribution in [0.25, 0.3) is 0 Å². The van der Waals surface area contributed by atoms with Crippen LogP contribution in [0.15, 0.2) is 35.8 Å². The van der Waals surface area contributed by atoms with Crippen molar-refractivity contribution < 1.29 is 19.0 Å². The summed E-state index contributed by atoms with van der Waals surface area (Å²) in [5.41, 5.74) is 1.81. The minimum absolute atomic E-state index is 0.432. The summed E-state index contributed by atoms with van der Waals surface area (Å²) in [7, 11) is 4.50. The molecule has 0 bridgehead atoms. The predicted molar refractivity (Wildman–Crippen MR) is 86.0 cm³/mol. The molecule has 126 valence electrons. The zero-order valence-corrected chi connectivity index (χ0v) is 13.9. The van der Waals surface area contributed by atoms with E-state index in [1.54, 1.807) is 38.0 Å². The Bertz CT molecular complexity index is 812. The van der Waals surface area contributed by atoms with Crippen molar-refractivity contribution in [1.82, 2.24) is 14.8 Å². The van der Waals surface area contributed by atoms with Crippen LogP contribution in [0.3, 0.4) is 0 Å². The lowest BCUT2D eigenvalue weighted by atomic mass is 9.94. The van der Waals surface area contributed by atoms with Gasteiger partial charge in [0.15, 0.2) is 0 Å². The topological polar surface area (TPSA) is 87.5 Å². The summed E-state index contributed by atoms with van der Waals surface area (Å²) in [6.45, 7) is 1.80. The van der Waals surface area contributed by atoms with Crippen molar-refractivity contribution in [3.63, 3.8) is 0 Å². The normalized spacial score (nSPS) is 16.2. The van der Waals surface area contributed by atoms with Crippen molar-refractivity contribution in [3.05, 3.63) is 41.4 Å². The molecule has 0 radical (unpaired) electrons. The lowest BCUT2D eigenvalue weighted by Crippen LogP contribution is -2.29. The first-order valence-electron chi connectivity index (χ1n) is 7.28. The van der Waals surface area contributed by atoms with Crippen LogP contribution in [0.1, 0.15) is 18.5 Å². The van der Waals surface area contributed by atoms with Gasteiger partial charge in [-0.3, -0.25) is 0 Å². The number of carbonyl (C=O) groups is 1. The molecule has 1 aliphatic heterocycles. The van der Waals surface area contributed by atoms with Gasteiger partial charge < -0.3 is 19.5 Å². The van der Waals surface area contributed by atoms with E-state index in [0.717, 1.165) is 5.56 Å². The van der Waals surface area contributed by atoms with Crippen molar-refractivity contribution in [2.45, 2.75) is 13.0 Å². The minimum atomic E-state index is -0.541. The molecular weight excluding hydrogens is 312 g/mol. The minimum Gasteiger partial charge on any atom is -0.497 e. The zero-order chi connectivity index (χ0) is 17.3. The SMILES string of the molecule is COC(=O)C1=C(C)Nc2ncnn2C1c1cc(OC)ccc1OC. The monoisotopic (exact) mass is 330 g/mol. The Morgan fingerprint density at radius 2 is 2.04 bits per heavy atom. The van der Waals surface area contributed by atoms with Gasteiger partial charge >= 0.3 is 5.97 Å². The Hall–Kier alpha value is -3.03. The second-order valence-corrected chi connectivity index (χ2v) is 5.19. The predicted octanol–water partition coefficient (Wildman–Crippen LogP) is 1.76. The average Bonchev–Trinajstić information content (AvgIpc) is 3.07. The Labute approximate surface area is 139 Å². The first kappa shape index (κ1) is 15.9. The second-order valence-electron chi connectivity index (χ2n) is 5.19. The van der Waals surface area contributed by atoms with Crippen LogP contribution in [0.2, 0.25) is 0 Å². The van der Waals surface area contributed by atoms with Gasteiger partial charge in [-0.15, -0.1) is 0 Å². The van der Waals surface area contributed by atoms with Crippen molar-refractivity contribution in [2.24, 2.45) is 0 Å².